The lowest BCUT2D eigenvalue weighted by molar-refractivity contribution is -0.123. The predicted molar refractivity (Wildman–Crippen MR) is 116 cm³/mol. The van der Waals surface area contributed by atoms with Crippen LogP contribution in [0.1, 0.15) is 24.0 Å². The molecule has 2 aromatic carbocycles. The molecule has 0 atom stereocenters. The molecule has 154 valence electrons. The van der Waals surface area contributed by atoms with Gasteiger partial charge in [-0.15, -0.1) is 0 Å². The fourth-order valence-corrected chi connectivity index (χ4v) is 3.04. The topological polar surface area (TPSA) is 74.8 Å². The fraction of sp³-hybridized carbons (Fsp3) is 0.364. The standard InChI is InChI=1S/C22H27ClN4O2/c1-24-22(25-12-11-17-6-2-3-8-20(17)23)26-14-16-5-4-7-19(13-16)29-15-21(28)27-18-9-10-18/h2-8,13,18H,9-12,14-15H2,1H3,(H,27,28)(H2,24,25,26). The maximum Gasteiger partial charge on any atom is 0.258 e. The van der Waals surface area contributed by atoms with Gasteiger partial charge < -0.3 is 20.7 Å². The van der Waals surface area contributed by atoms with Gasteiger partial charge in [-0.2, -0.15) is 0 Å². The van der Waals surface area contributed by atoms with Crippen LogP contribution in [0.4, 0.5) is 0 Å². The molecule has 0 unspecified atom stereocenters. The minimum atomic E-state index is -0.0702. The van der Waals surface area contributed by atoms with E-state index in [-0.39, 0.29) is 12.5 Å². The number of hydrogen-bond acceptors (Lipinski definition) is 3. The number of benzene rings is 2. The number of carbonyl (C=O) groups excluding carboxylic acids is 1. The number of hydrogen-bond donors (Lipinski definition) is 3. The van der Waals surface area contributed by atoms with Crippen LogP contribution in [0.25, 0.3) is 0 Å². The highest BCUT2D eigenvalue weighted by Crippen LogP contribution is 2.18. The first-order valence-electron chi connectivity index (χ1n) is 9.83. The number of aliphatic imine (C=N–C) groups is 1. The van der Waals surface area contributed by atoms with Crippen molar-refractivity contribution in [2.45, 2.75) is 31.8 Å². The molecule has 6 nitrogen and oxygen atoms in total. The number of ether oxygens (including phenoxy) is 1. The number of carbonyl (C=O) groups is 1. The zero-order valence-corrected chi connectivity index (χ0v) is 17.3. The molecule has 0 heterocycles. The minimum Gasteiger partial charge on any atom is -0.484 e. The van der Waals surface area contributed by atoms with E-state index in [4.69, 9.17) is 16.3 Å². The van der Waals surface area contributed by atoms with Crippen molar-refractivity contribution in [3.63, 3.8) is 0 Å². The van der Waals surface area contributed by atoms with E-state index in [1.807, 2.05) is 48.5 Å². The summed E-state index contributed by atoms with van der Waals surface area (Å²) in [5.74, 6) is 1.32. The number of halogens is 1. The molecule has 1 saturated carbocycles. The first kappa shape index (κ1) is 21.0. The van der Waals surface area contributed by atoms with E-state index in [1.54, 1.807) is 7.05 Å². The third-order valence-corrected chi connectivity index (χ3v) is 4.91. The molecule has 0 radical (unpaired) electrons. The summed E-state index contributed by atoms with van der Waals surface area (Å²) in [6, 6.07) is 15.9. The second kappa shape index (κ2) is 10.7. The molecule has 1 aliphatic rings. The van der Waals surface area contributed by atoms with Crippen molar-refractivity contribution < 1.29 is 9.53 Å². The van der Waals surface area contributed by atoms with Crippen LogP contribution < -0.4 is 20.7 Å². The van der Waals surface area contributed by atoms with Crippen molar-refractivity contribution in [2.24, 2.45) is 4.99 Å². The Balaban J connectivity index is 1.41. The van der Waals surface area contributed by atoms with E-state index < -0.39 is 0 Å². The average molecular weight is 415 g/mol. The molecule has 1 fully saturated rings. The number of rotatable bonds is 9. The molecular weight excluding hydrogens is 388 g/mol. The lowest BCUT2D eigenvalue weighted by Crippen LogP contribution is -2.37. The second-order valence-electron chi connectivity index (χ2n) is 6.97. The van der Waals surface area contributed by atoms with E-state index in [0.29, 0.717) is 24.3 Å². The number of amides is 1. The van der Waals surface area contributed by atoms with Crippen molar-refractivity contribution in [2.75, 3.05) is 20.2 Å². The van der Waals surface area contributed by atoms with Crippen molar-refractivity contribution in [1.29, 1.82) is 0 Å². The molecule has 0 spiro atoms. The molecule has 1 aliphatic carbocycles. The molecule has 2 aromatic rings. The van der Waals surface area contributed by atoms with E-state index >= 15 is 0 Å². The summed E-state index contributed by atoms with van der Waals surface area (Å²) in [5.41, 5.74) is 2.15. The largest absolute Gasteiger partial charge is 0.484 e. The van der Waals surface area contributed by atoms with E-state index in [1.165, 1.54) is 0 Å². The fourth-order valence-electron chi connectivity index (χ4n) is 2.81. The summed E-state index contributed by atoms with van der Waals surface area (Å²) in [5, 5.41) is 10.3. The van der Waals surface area contributed by atoms with Crippen LogP contribution in [0.3, 0.4) is 0 Å². The van der Waals surface area contributed by atoms with Gasteiger partial charge in [0.1, 0.15) is 5.75 Å². The van der Waals surface area contributed by atoms with Crippen molar-refractivity contribution >= 4 is 23.5 Å². The van der Waals surface area contributed by atoms with Crippen LogP contribution in [0.5, 0.6) is 5.75 Å². The minimum absolute atomic E-state index is 0.0403. The van der Waals surface area contributed by atoms with E-state index in [2.05, 4.69) is 20.9 Å². The third-order valence-electron chi connectivity index (χ3n) is 4.54. The Morgan fingerprint density at radius 1 is 1.17 bits per heavy atom. The molecule has 3 N–H and O–H groups in total. The third kappa shape index (κ3) is 7.31. The van der Waals surface area contributed by atoms with Crippen LogP contribution in [-0.4, -0.2) is 38.1 Å². The van der Waals surface area contributed by atoms with Gasteiger partial charge in [-0.3, -0.25) is 9.79 Å². The summed E-state index contributed by atoms with van der Waals surface area (Å²) in [4.78, 5) is 16.0. The maximum absolute atomic E-state index is 11.7. The van der Waals surface area contributed by atoms with Gasteiger partial charge >= 0.3 is 0 Å². The molecule has 3 rings (SSSR count). The average Bonchev–Trinajstić information content (AvgIpc) is 3.54. The Morgan fingerprint density at radius 3 is 2.76 bits per heavy atom. The highest BCUT2D eigenvalue weighted by atomic mass is 35.5. The Morgan fingerprint density at radius 2 is 2.00 bits per heavy atom. The van der Waals surface area contributed by atoms with Gasteiger partial charge in [0.2, 0.25) is 0 Å². The van der Waals surface area contributed by atoms with Crippen LogP contribution in [0, 0.1) is 0 Å². The van der Waals surface area contributed by atoms with Gasteiger partial charge in [-0.1, -0.05) is 41.9 Å². The van der Waals surface area contributed by atoms with Crippen LogP contribution in [-0.2, 0) is 17.8 Å². The molecular formula is C22H27ClN4O2. The highest BCUT2D eigenvalue weighted by Gasteiger charge is 2.23. The summed E-state index contributed by atoms with van der Waals surface area (Å²) in [6.45, 7) is 1.36. The second-order valence-corrected chi connectivity index (χ2v) is 7.38. The Hall–Kier alpha value is -2.73. The first-order chi connectivity index (χ1) is 14.1. The summed E-state index contributed by atoms with van der Waals surface area (Å²) in [7, 11) is 1.74. The molecule has 7 heteroatoms. The van der Waals surface area contributed by atoms with Gasteiger partial charge in [0.25, 0.3) is 5.91 Å². The predicted octanol–water partition coefficient (Wildman–Crippen LogP) is 2.91. The molecule has 0 saturated heterocycles. The monoisotopic (exact) mass is 414 g/mol. The first-order valence-corrected chi connectivity index (χ1v) is 10.2. The van der Waals surface area contributed by atoms with Gasteiger partial charge in [-0.05, 0) is 48.6 Å². The summed E-state index contributed by atoms with van der Waals surface area (Å²) in [6.07, 6.45) is 2.95. The van der Waals surface area contributed by atoms with Crippen molar-refractivity contribution in [3.05, 3.63) is 64.7 Å². The normalized spacial score (nSPS) is 13.7. The quantitative estimate of drug-likeness (QED) is 0.435. The maximum atomic E-state index is 11.7. The van der Waals surface area contributed by atoms with Gasteiger partial charge in [-0.25, -0.2) is 0 Å². The lowest BCUT2D eigenvalue weighted by Gasteiger charge is -2.13. The lowest BCUT2D eigenvalue weighted by atomic mass is 10.1. The van der Waals surface area contributed by atoms with Crippen LogP contribution in [0.15, 0.2) is 53.5 Å². The van der Waals surface area contributed by atoms with Gasteiger partial charge in [0.15, 0.2) is 12.6 Å². The number of nitrogens with one attached hydrogen (secondary N) is 3. The molecule has 0 aliphatic heterocycles. The van der Waals surface area contributed by atoms with Crippen LogP contribution >= 0.6 is 11.6 Å². The van der Waals surface area contributed by atoms with Gasteiger partial charge in [0.05, 0.1) is 0 Å². The Labute approximate surface area is 176 Å². The summed E-state index contributed by atoms with van der Waals surface area (Å²) >= 11 is 6.19. The van der Waals surface area contributed by atoms with Crippen molar-refractivity contribution in [1.82, 2.24) is 16.0 Å². The Bertz CT molecular complexity index is 852. The molecule has 0 aromatic heterocycles. The van der Waals surface area contributed by atoms with Crippen LogP contribution in [0.2, 0.25) is 5.02 Å². The van der Waals surface area contributed by atoms with Crippen molar-refractivity contribution in [3.8, 4) is 5.75 Å². The van der Waals surface area contributed by atoms with Gasteiger partial charge in [0, 0.05) is 31.2 Å². The molecule has 0 bridgehead atoms. The SMILES string of the molecule is CN=C(NCCc1ccccc1Cl)NCc1cccc(OCC(=O)NC2CC2)c1. The zero-order chi connectivity index (χ0) is 20.5. The number of guanidine groups is 1. The zero-order valence-electron chi connectivity index (χ0n) is 16.6. The van der Waals surface area contributed by atoms with E-state index in [0.717, 1.165) is 42.0 Å². The highest BCUT2D eigenvalue weighted by molar-refractivity contribution is 6.31. The number of nitrogens with zero attached hydrogens (tertiary/aromatic N) is 1. The Kier molecular flexibility index (Phi) is 7.76. The summed E-state index contributed by atoms with van der Waals surface area (Å²) < 4.78 is 5.60. The van der Waals surface area contributed by atoms with E-state index in [9.17, 15) is 4.79 Å². The molecule has 1 amide bonds. The molecule has 29 heavy (non-hydrogen) atoms. The smallest absolute Gasteiger partial charge is 0.258 e.